The molecule has 473 valence electrons. The monoisotopic (exact) mass is 1260 g/mol. The van der Waals surface area contributed by atoms with Crippen LogP contribution >= 0.6 is 12.6 Å². The van der Waals surface area contributed by atoms with E-state index >= 15 is 0 Å². The Morgan fingerprint density at radius 1 is 0.708 bits per heavy atom. The van der Waals surface area contributed by atoms with Gasteiger partial charge in [-0.3, -0.25) is 19.6 Å². The molecule has 89 heavy (non-hydrogen) atoms. The van der Waals surface area contributed by atoms with Crippen LogP contribution in [0.25, 0.3) is 22.1 Å². The van der Waals surface area contributed by atoms with E-state index in [1.807, 2.05) is 12.1 Å². The van der Waals surface area contributed by atoms with E-state index in [2.05, 4.69) is 83.1 Å². The van der Waals surface area contributed by atoms with Gasteiger partial charge in [-0.2, -0.15) is 12.6 Å². The third-order valence-electron chi connectivity index (χ3n) is 16.0. The number of hydrogen-bond acceptors (Lipinski definition) is 24. The minimum absolute atomic E-state index is 0. The third kappa shape index (κ3) is 18.6. The van der Waals surface area contributed by atoms with Crippen molar-refractivity contribution in [2.45, 2.75) is 126 Å². The molecule has 4 saturated heterocycles. The molecule has 6 fully saturated rings. The molecule has 3 radical (unpaired) electrons. The Kier molecular flexibility index (Phi) is 26.5. The van der Waals surface area contributed by atoms with Crippen molar-refractivity contribution in [3.05, 3.63) is 107 Å². The molecule has 2 atom stereocenters. The van der Waals surface area contributed by atoms with Crippen molar-refractivity contribution in [3.63, 3.8) is 0 Å². The van der Waals surface area contributed by atoms with Gasteiger partial charge in [0.2, 0.25) is 17.7 Å². The Labute approximate surface area is 543 Å². The second-order valence-electron chi connectivity index (χ2n) is 21.8. The van der Waals surface area contributed by atoms with E-state index in [9.17, 15) is 38.2 Å². The van der Waals surface area contributed by atoms with Gasteiger partial charge < -0.3 is 73.0 Å². The molecule has 6 aromatic rings. The largest absolute Gasteiger partial charge is 1.00 e. The number of methoxy groups -OCH3 is 2. The first-order chi connectivity index (χ1) is 42.2. The summed E-state index contributed by atoms with van der Waals surface area (Å²) in [6.07, 6.45) is 9.63. The van der Waals surface area contributed by atoms with Gasteiger partial charge in [0.15, 0.2) is 0 Å². The van der Waals surface area contributed by atoms with E-state index in [-0.39, 0.29) is 53.5 Å². The van der Waals surface area contributed by atoms with Crippen molar-refractivity contribution in [1.29, 1.82) is 0 Å². The van der Waals surface area contributed by atoms with E-state index in [4.69, 9.17) is 34.2 Å². The number of carbonyl (C=O) groups is 4. The first kappa shape index (κ1) is 71.5. The van der Waals surface area contributed by atoms with Crippen LogP contribution in [-0.2, 0) is 57.7 Å². The van der Waals surface area contributed by atoms with Crippen LogP contribution in [0.15, 0.2) is 73.1 Å². The van der Waals surface area contributed by atoms with Crippen molar-refractivity contribution in [2.24, 2.45) is 5.73 Å². The smallest absolute Gasteiger partial charge is 0.793 e. The number of benzene rings is 2. The Morgan fingerprint density at radius 2 is 1.17 bits per heavy atom. The van der Waals surface area contributed by atoms with Gasteiger partial charge in [-0.15, -0.1) is 0 Å². The maximum Gasteiger partial charge on any atom is 1.00 e. The van der Waals surface area contributed by atoms with Gasteiger partial charge in [0.1, 0.15) is 42.6 Å². The number of aromatic nitrogens is 4. The van der Waals surface area contributed by atoms with Crippen molar-refractivity contribution in [2.75, 3.05) is 70.6 Å². The molecular formula is C61H75BF2N8NaO15S. The molecule has 10 heterocycles. The van der Waals surface area contributed by atoms with Gasteiger partial charge in [0.05, 0.1) is 96.7 Å². The van der Waals surface area contributed by atoms with E-state index in [0.29, 0.717) is 103 Å². The van der Waals surface area contributed by atoms with Gasteiger partial charge in [0.25, 0.3) is 0 Å². The number of nitrogens with one attached hydrogen (secondary N) is 3. The fraction of sp³-hybridized carbons (Fsp3) is 0.475. The zero-order chi connectivity index (χ0) is 63.7. The van der Waals surface area contributed by atoms with Crippen LogP contribution in [-0.4, -0.2) is 157 Å². The molecule has 2 saturated carbocycles. The molecule has 8 aliphatic rings. The predicted molar refractivity (Wildman–Crippen MR) is 325 cm³/mol. The van der Waals surface area contributed by atoms with Crippen LogP contribution < -0.4 is 70.2 Å². The van der Waals surface area contributed by atoms with Crippen molar-refractivity contribution >= 4 is 78.3 Å². The average Bonchev–Trinajstić information content (AvgIpc) is 1.64. The molecule has 28 heteroatoms. The molecule has 4 bridgehead atoms. The van der Waals surface area contributed by atoms with Gasteiger partial charge in [0, 0.05) is 93.1 Å². The zero-order valence-corrected chi connectivity index (χ0v) is 53.9. The summed E-state index contributed by atoms with van der Waals surface area (Å²) < 4.78 is 66.6. The number of anilines is 2. The zero-order valence-electron chi connectivity index (χ0n) is 51.0. The molecule has 14 rings (SSSR count). The van der Waals surface area contributed by atoms with Crippen LogP contribution in [0.2, 0.25) is 0 Å². The molecule has 4 aromatic heterocycles. The number of thiol groups is 1. The van der Waals surface area contributed by atoms with Crippen LogP contribution in [0, 0.1) is 11.6 Å². The van der Waals surface area contributed by atoms with Gasteiger partial charge >= 0.3 is 41.5 Å². The Hall–Kier alpha value is -6.53. The van der Waals surface area contributed by atoms with Crippen LogP contribution in [0.1, 0.15) is 99.2 Å². The molecule has 0 unspecified atom stereocenters. The first-order valence-corrected chi connectivity index (χ1v) is 29.4. The standard InChI is InChI=1S/C27H31FN4O4.C18H22FN3O3.C9H9NO2.C4H6O4.C2H3BO2.CH4S.Na/c1-34-24-5-3-20-25(32-24)18(19(28)15-30-20)13-23(33)27-8-6-26(7-9-27,16-36-27)31-14-17-2-4-22-21(12-17)29-10-11-35-22;1-24-15-3-2-13-16(22-15)11(12(19)9-21-13)8-14(23)18-6-4-17(20,5-7-18)10-25-18;11-6-7-1-2-9-8(5-7)10-3-4-12-9;1-3(5)7-8-4(2)6;1-2(4)5-3;1-2;/h2-5,12,15,23,29,31,33H,6-11,13-14,16H2,1H3;2-3,9,14,23H,4-8,10,20H2,1H3;1-2,5-6,10H,3-4H2;1-2H3;1H3;2H,1H3;/q;;;;-1;;+1/t23-,26?,27?;14-,17?,18?;;;;;/m00...../s1. The van der Waals surface area contributed by atoms with Crippen molar-refractivity contribution in [3.8, 4) is 23.3 Å². The van der Waals surface area contributed by atoms with Crippen molar-refractivity contribution in [1.82, 2.24) is 25.3 Å². The first-order valence-electron chi connectivity index (χ1n) is 28.5. The van der Waals surface area contributed by atoms with Crippen molar-refractivity contribution < 1.29 is 111 Å². The summed E-state index contributed by atoms with van der Waals surface area (Å²) in [5.74, 6) is -0.221. The maximum atomic E-state index is 14.8. The number of pyridine rings is 4. The van der Waals surface area contributed by atoms with E-state index in [1.165, 1.54) is 39.1 Å². The molecular weight excluding hydrogens is 1190 g/mol. The molecule has 2 aliphatic carbocycles. The van der Waals surface area contributed by atoms with Crippen LogP contribution in [0.5, 0.6) is 23.3 Å². The molecule has 0 spiro atoms. The Morgan fingerprint density at radius 3 is 1.58 bits per heavy atom. The number of fused-ring (bicyclic) bond motifs is 10. The molecule has 6 aliphatic heterocycles. The number of aldehydes is 1. The predicted octanol–water partition coefficient (Wildman–Crippen LogP) is 3.59. The minimum Gasteiger partial charge on any atom is -0.793 e. The second kappa shape index (κ2) is 33.0. The number of aliphatic hydroxyl groups is 2. The molecule has 2 aromatic carbocycles. The molecule has 23 nitrogen and oxygen atoms in total. The normalized spacial score (nSPS) is 21.8. The van der Waals surface area contributed by atoms with Gasteiger partial charge in [-0.1, -0.05) is 6.07 Å². The minimum atomic E-state index is -0.851. The van der Waals surface area contributed by atoms with Gasteiger partial charge in [-0.25, -0.2) is 38.1 Å². The van der Waals surface area contributed by atoms with Gasteiger partial charge in [-0.05, 0) is 106 Å². The Bertz CT molecular complexity index is 3340. The van der Waals surface area contributed by atoms with Crippen LogP contribution in [0.4, 0.5) is 20.2 Å². The number of nitrogens with two attached hydrogens (primary N) is 1. The molecule has 7 N–H and O–H groups in total. The summed E-state index contributed by atoms with van der Waals surface area (Å²) in [6.45, 7) is 8.20. The topological polar surface area (TPSA) is 305 Å². The number of ether oxygens (including phenoxy) is 6. The second-order valence-corrected chi connectivity index (χ2v) is 21.8. The quantitative estimate of drug-likeness (QED) is 0.0303. The fourth-order valence-corrected chi connectivity index (χ4v) is 11.0. The van der Waals surface area contributed by atoms with E-state index in [1.54, 1.807) is 42.7 Å². The fourth-order valence-electron chi connectivity index (χ4n) is 11.0. The van der Waals surface area contributed by atoms with E-state index in [0.717, 1.165) is 88.3 Å². The maximum absolute atomic E-state index is 14.8. The van der Waals surface area contributed by atoms with Crippen LogP contribution in [0.3, 0.4) is 0 Å². The summed E-state index contributed by atoms with van der Waals surface area (Å²) in [5, 5.41) is 32.5. The number of hydrogen-bond donors (Lipinski definition) is 7. The third-order valence-corrected chi connectivity index (χ3v) is 16.0. The number of rotatable bonds is 12. The summed E-state index contributed by atoms with van der Waals surface area (Å²) in [4.78, 5) is 64.1. The SMILES string of the molecule is CC(=O)OOC(C)=O.COc1ccc2ncc(F)c(C[C@H](O)C34CCC(N)(CC3)CO4)c2n1.COc1ccc2ncc(F)c(C[C@H](O)C34CCC(NCc5ccc6c(c5)NCCO6)(CC3)CO4)c2n1.CS.O=Cc1ccc2c(c1)NCCO2.[B-]OC(C)=O.[Na+]. The van der Waals surface area contributed by atoms with E-state index < -0.39 is 53.0 Å². The summed E-state index contributed by atoms with van der Waals surface area (Å²) in [5.41, 5.74) is 11.0. The number of nitrogens with zero attached hydrogens (tertiary/aromatic N) is 4. The average molecular weight is 1260 g/mol. The number of halogens is 2. The Balaban J connectivity index is 0.000000205. The summed E-state index contributed by atoms with van der Waals surface area (Å²) in [6, 6.07) is 18.4. The molecule has 0 amide bonds. The number of carbonyl (C=O) groups excluding carboxylic acids is 4. The summed E-state index contributed by atoms with van der Waals surface area (Å²) in [7, 11) is 7.34. The summed E-state index contributed by atoms with van der Waals surface area (Å²) >= 11 is 3.53. The number of aliphatic hydroxyl groups excluding tert-OH is 2.